The molecule has 0 aromatic carbocycles. The van der Waals surface area contributed by atoms with E-state index in [2.05, 4.69) is 101 Å². The fraction of sp³-hybridized carbons (Fsp3) is 0.200. The Morgan fingerprint density at radius 1 is 0.625 bits per heavy atom. The number of carboxylic acids is 1. The summed E-state index contributed by atoms with van der Waals surface area (Å²) in [4.78, 5) is 22.2. The van der Waals surface area contributed by atoms with Crippen LogP contribution < -0.4 is 0 Å². The van der Waals surface area contributed by atoms with Gasteiger partial charge < -0.3 is 25.5 Å². The highest BCUT2D eigenvalue weighted by Gasteiger charge is 2.36. The van der Waals surface area contributed by atoms with Crippen molar-refractivity contribution < 1.29 is 59.4 Å². The maximum Gasteiger partial charge on any atom is 0.335 e. The normalized spacial score (nSPS) is 11.0. The van der Waals surface area contributed by atoms with Gasteiger partial charge in [0.25, 0.3) is 0 Å². The van der Waals surface area contributed by atoms with Crippen molar-refractivity contribution in [1.29, 1.82) is 0 Å². The molecular weight excluding hydrogens is 412 g/mol. The van der Waals surface area contributed by atoms with Gasteiger partial charge in [-0.15, -0.1) is 6.42 Å². The third-order valence-corrected chi connectivity index (χ3v) is 2.88. The van der Waals surface area contributed by atoms with Gasteiger partial charge in [0.15, 0.2) is 11.9 Å². The molecule has 0 spiro atoms. The molecule has 0 aliphatic rings. The minimum absolute atomic E-state index is 0. The standard InChI is InChI=1S/C25H12O7.17H2/c1-2-3-4-5-6-7-8-9-10-11-12-13-14-15-16-17-18-19-20(26)21(27)22(28)23(29)24(30)25(31)32;;;;;;;;;;;;;;;;;/h1,21-24,27-30H,19H2,(H,31,32);17*1H/t21-,22+,23-,24-;;;;;;;;;;;;;;;;;/m1................./s1. The molecule has 7 nitrogen and oxygen atoms in total. The van der Waals surface area contributed by atoms with Crippen LogP contribution in [0.5, 0.6) is 0 Å². The van der Waals surface area contributed by atoms with Crippen LogP contribution in [-0.4, -0.2) is 61.7 Å². The van der Waals surface area contributed by atoms with Gasteiger partial charge in [-0.3, -0.25) is 4.79 Å². The molecule has 0 amide bonds. The van der Waals surface area contributed by atoms with Crippen molar-refractivity contribution in [3.05, 3.63) is 0 Å². The van der Waals surface area contributed by atoms with Crippen molar-refractivity contribution in [1.82, 2.24) is 0 Å². The predicted molar refractivity (Wildman–Crippen MR) is 148 cm³/mol. The van der Waals surface area contributed by atoms with Crippen LogP contribution in [0, 0.1) is 107 Å². The molecule has 5 N–H and O–H groups in total. The molecule has 0 aliphatic carbocycles. The Bertz CT molecular complexity index is 1320. The van der Waals surface area contributed by atoms with Crippen LogP contribution in [0.2, 0.25) is 0 Å². The molecule has 4 atom stereocenters. The van der Waals surface area contributed by atoms with Gasteiger partial charge in [-0.05, 0) is 94.7 Å². The van der Waals surface area contributed by atoms with Gasteiger partial charge in [0.05, 0.1) is 6.42 Å². The van der Waals surface area contributed by atoms with Gasteiger partial charge in [-0.1, -0.05) is 5.92 Å². The molecule has 0 aromatic heterocycles. The molecule has 7 heteroatoms. The average molecular weight is 459 g/mol. The molecule has 0 saturated heterocycles. The second kappa shape index (κ2) is 16.9. The lowest BCUT2D eigenvalue weighted by atomic mass is 9.99. The van der Waals surface area contributed by atoms with E-state index in [1.807, 2.05) is 0 Å². The van der Waals surface area contributed by atoms with Crippen LogP contribution >= 0.6 is 0 Å². The third kappa shape index (κ3) is 12.5. The van der Waals surface area contributed by atoms with Gasteiger partial charge in [0, 0.05) is 24.3 Å². The smallest absolute Gasteiger partial charge is 0.335 e. The highest BCUT2D eigenvalue weighted by molar-refractivity contribution is 5.86. The summed E-state index contributed by atoms with van der Waals surface area (Å²) >= 11 is 0. The van der Waals surface area contributed by atoms with Gasteiger partial charge in [-0.25, -0.2) is 4.79 Å². The molecule has 188 valence electrons. The van der Waals surface area contributed by atoms with E-state index in [0.717, 1.165) is 0 Å². The van der Waals surface area contributed by atoms with Crippen LogP contribution in [0.3, 0.4) is 0 Å². The highest BCUT2D eigenvalue weighted by Crippen LogP contribution is 2.07. The predicted octanol–water partition coefficient (Wildman–Crippen LogP) is 1.32. The summed E-state index contributed by atoms with van der Waals surface area (Å²) in [5.74, 6) is 37.0. The van der Waals surface area contributed by atoms with Crippen molar-refractivity contribution >= 4 is 11.8 Å². The number of terminal acetylenes is 1. The van der Waals surface area contributed by atoms with Crippen molar-refractivity contribution in [2.75, 3.05) is 0 Å². The molecule has 0 unspecified atom stereocenters. The Kier molecular flexibility index (Phi) is 14.3. The SMILES string of the molecule is C#CC#CC#CC#CC#CC#CC#CC#CC#CCC(=O)[C@@H](O)[C@H](O)[C@@H](O)[C@@H](O)C(=O)O.[HH].[HH].[HH].[HH].[HH].[HH].[HH].[HH].[HH].[HH].[HH].[HH].[HH].[HH].[HH].[HH].[HH]. The van der Waals surface area contributed by atoms with Gasteiger partial charge in [0.2, 0.25) is 0 Å². The molecule has 0 heterocycles. The quantitative estimate of drug-likeness (QED) is 0.379. The minimum atomic E-state index is -2.37. The van der Waals surface area contributed by atoms with Crippen LogP contribution in [0.1, 0.15) is 30.7 Å². The summed E-state index contributed by atoms with van der Waals surface area (Å²) in [5, 5.41) is 46.1. The number of carbonyl (C=O) groups excluding carboxylic acids is 1. The van der Waals surface area contributed by atoms with E-state index in [0.29, 0.717) is 0 Å². The summed E-state index contributed by atoms with van der Waals surface area (Å²) in [6, 6.07) is 0. The highest BCUT2D eigenvalue weighted by atomic mass is 16.4. The van der Waals surface area contributed by atoms with Gasteiger partial charge in [0.1, 0.15) is 18.3 Å². The lowest BCUT2D eigenvalue weighted by Gasteiger charge is -2.23. The van der Waals surface area contributed by atoms with E-state index in [9.17, 15) is 24.9 Å². The first kappa shape index (κ1) is 27.0. The van der Waals surface area contributed by atoms with E-state index in [4.69, 9.17) is 16.6 Å². The zero-order chi connectivity index (χ0) is 24.2. The number of rotatable bonds is 6. The Hall–Kier alpha value is -4.98. The molecule has 32 heavy (non-hydrogen) atoms. The number of aliphatic hydroxyl groups is 4. The Morgan fingerprint density at radius 3 is 1.34 bits per heavy atom. The van der Waals surface area contributed by atoms with E-state index < -0.39 is 42.6 Å². The average Bonchev–Trinajstić information content (AvgIpc) is 2.78. The van der Waals surface area contributed by atoms with E-state index >= 15 is 0 Å². The van der Waals surface area contributed by atoms with Gasteiger partial charge >= 0.3 is 5.97 Å². The van der Waals surface area contributed by atoms with E-state index in [1.165, 1.54) is 0 Å². The monoisotopic (exact) mass is 458 g/mol. The molecule has 0 aromatic rings. The lowest BCUT2D eigenvalue weighted by molar-refractivity contribution is -0.165. The van der Waals surface area contributed by atoms with Crippen molar-refractivity contribution in [2.24, 2.45) is 0 Å². The van der Waals surface area contributed by atoms with Crippen molar-refractivity contribution in [2.45, 2.75) is 30.8 Å². The summed E-state index contributed by atoms with van der Waals surface area (Å²) in [6.07, 6.45) is -4.64. The molecule has 0 saturated carbocycles. The number of carbonyl (C=O) groups is 2. The maximum absolute atomic E-state index is 11.7. The molecule has 0 fully saturated rings. The largest absolute Gasteiger partial charge is 0.479 e. The zero-order valence-electron chi connectivity index (χ0n) is 16.1. The number of hydrogen-bond donors (Lipinski definition) is 5. The zero-order valence-corrected chi connectivity index (χ0v) is 16.1. The summed E-state index contributed by atoms with van der Waals surface area (Å²) in [7, 11) is 0. The topological polar surface area (TPSA) is 135 Å². The first-order valence-electron chi connectivity index (χ1n) is 8.24. The fourth-order valence-electron chi connectivity index (χ4n) is 1.43. The van der Waals surface area contributed by atoms with E-state index in [1.54, 1.807) is 0 Å². The second-order valence-electron chi connectivity index (χ2n) is 5.05. The first-order chi connectivity index (χ1) is 15.3. The molecular formula is C25H46O7. The minimum Gasteiger partial charge on any atom is -0.479 e. The van der Waals surface area contributed by atoms with Crippen molar-refractivity contribution in [3.8, 4) is 107 Å². The second-order valence-corrected chi connectivity index (χ2v) is 5.05. The Balaban J connectivity index is -0.0000000353. The van der Waals surface area contributed by atoms with Crippen LogP contribution in [0.15, 0.2) is 0 Å². The first-order valence-corrected chi connectivity index (χ1v) is 8.24. The van der Waals surface area contributed by atoms with Crippen LogP contribution in [0.25, 0.3) is 0 Å². The summed E-state index contributed by atoms with van der Waals surface area (Å²) in [6.45, 7) is 0. The molecule has 0 bridgehead atoms. The van der Waals surface area contributed by atoms with Gasteiger partial charge in [-0.2, -0.15) is 0 Å². The number of aliphatic hydroxyl groups excluding tert-OH is 4. The number of Topliss-reactive ketones (excluding diaryl/α,β-unsaturated/α-hetero) is 1. The number of hydrogen-bond acceptors (Lipinski definition) is 6. The molecule has 0 rings (SSSR count). The van der Waals surface area contributed by atoms with E-state index in [-0.39, 0.29) is 24.3 Å². The fourth-order valence-corrected chi connectivity index (χ4v) is 1.43. The lowest BCUT2D eigenvalue weighted by Crippen LogP contribution is -2.49. The summed E-state index contributed by atoms with van der Waals surface area (Å²) in [5.41, 5.74) is 0. The van der Waals surface area contributed by atoms with Crippen LogP contribution in [0.4, 0.5) is 0 Å². The Morgan fingerprint density at radius 2 is 0.969 bits per heavy atom. The molecule has 0 radical (unpaired) electrons. The number of ketones is 1. The van der Waals surface area contributed by atoms with Crippen molar-refractivity contribution in [3.63, 3.8) is 0 Å². The number of aliphatic carboxylic acids is 1. The Labute approximate surface area is 210 Å². The maximum atomic E-state index is 11.7. The number of carboxylic acid groups (broad SMARTS) is 1. The molecule has 0 aliphatic heterocycles. The third-order valence-electron chi connectivity index (χ3n) is 2.88. The summed E-state index contributed by atoms with van der Waals surface area (Å²) < 4.78 is 0. The van der Waals surface area contributed by atoms with Crippen LogP contribution in [-0.2, 0) is 9.59 Å².